The minimum atomic E-state index is -1.72. The van der Waals surface area contributed by atoms with Gasteiger partial charge in [0.1, 0.15) is 5.76 Å². The average molecular weight is 293 g/mol. The molecule has 1 aromatic carbocycles. The Labute approximate surface area is 123 Å². The van der Waals surface area contributed by atoms with E-state index in [4.69, 9.17) is 9.84 Å². The van der Waals surface area contributed by atoms with Crippen molar-refractivity contribution >= 4 is 12.1 Å². The molecule has 2 atom stereocenters. The first-order valence-electron chi connectivity index (χ1n) is 6.50. The van der Waals surface area contributed by atoms with Crippen LogP contribution in [-0.4, -0.2) is 34.4 Å². The highest BCUT2D eigenvalue weighted by molar-refractivity contribution is 5.75. The number of aliphatic carboxylic acids is 1. The van der Waals surface area contributed by atoms with E-state index >= 15 is 0 Å². The van der Waals surface area contributed by atoms with Crippen molar-refractivity contribution in [3.8, 4) is 0 Å². The molecule has 0 aromatic heterocycles. The molecule has 0 heterocycles. The normalized spacial score (nSPS) is 14.1. The number of hydrogen-bond donors (Lipinski definition) is 3. The molecule has 0 bridgehead atoms. The summed E-state index contributed by atoms with van der Waals surface area (Å²) in [6.07, 6.45) is -0.743. The Morgan fingerprint density at radius 3 is 2.48 bits per heavy atom. The lowest BCUT2D eigenvalue weighted by molar-refractivity contribution is -0.148. The Hall–Kier alpha value is -2.34. The van der Waals surface area contributed by atoms with Crippen LogP contribution in [0.2, 0.25) is 0 Å². The lowest BCUT2D eigenvalue weighted by Crippen LogP contribution is -2.48. The first-order chi connectivity index (χ1) is 9.93. The van der Waals surface area contributed by atoms with E-state index in [0.29, 0.717) is 5.76 Å². The van der Waals surface area contributed by atoms with E-state index in [1.54, 1.807) is 44.2 Å². The van der Waals surface area contributed by atoms with E-state index in [9.17, 15) is 14.7 Å². The van der Waals surface area contributed by atoms with E-state index in [1.807, 2.05) is 6.07 Å². The molecule has 0 saturated heterocycles. The first-order valence-corrected chi connectivity index (χ1v) is 6.50. The van der Waals surface area contributed by atoms with Crippen LogP contribution >= 0.6 is 0 Å². The molecule has 2 unspecified atom stereocenters. The van der Waals surface area contributed by atoms with Crippen molar-refractivity contribution in [3.05, 3.63) is 47.7 Å². The first kappa shape index (κ1) is 16.7. The zero-order valence-corrected chi connectivity index (χ0v) is 11.9. The van der Waals surface area contributed by atoms with E-state index in [0.717, 1.165) is 5.56 Å². The van der Waals surface area contributed by atoms with Gasteiger partial charge in [-0.1, -0.05) is 30.3 Å². The highest BCUT2D eigenvalue weighted by atomic mass is 16.6. The van der Waals surface area contributed by atoms with Gasteiger partial charge >= 0.3 is 12.1 Å². The van der Waals surface area contributed by atoms with Gasteiger partial charge in [0.15, 0.2) is 6.10 Å². The summed E-state index contributed by atoms with van der Waals surface area (Å²) in [6.45, 7) is 3.30. The Balaban J connectivity index is 2.78. The van der Waals surface area contributed by atoms with Crippen LogP contribution in [0.15, 0.2) is 42.2 Å². The predicted molar refractivity (Wildman–Crippen MR) is 76.6 cm³/mol. The molecule has 3 N–H and O–H groups in total. The molecule has 6 nitrogen and oxygen atoms in total. The Bertz CT molecular complexity index is 512. The number of carbonyl (C=O) groups excluding carboxylic acids is 1. The summed E-state index contributed by atoms with van der Waals surface area (Å²) in [4.78, 5) is 22.6. The van der Waals surface area contributed by atoms with E-state index < -0.39 is 24.2 Å². The van der Waals surface area contributed by atoms with Gasteiger partial charge in [-0.2, -0.15) is 0 Å². The van der Waals surface area contributed by atoms with Crippen LogP contribution in [0.3, 0.4) is 0 Å². The molecule has 0 aliphatic rings. The summed E-state index contributed by atoms with van der Waals surface area (Å²) in [6, 6.07) is 7.99. The number of hydrogen-bond acceptors (Lipinski definition) is 4. The average Bonchev–Trinajstić information content (AvgIpc) is 2.46. The minimum absolute atomic E-state index is 0.179. The molecule has 21 heavy (non-hydrogen) atoms. The molecule has 114 valence electrons. The highest BCUT2D eigenvalue weighted by Crippen LogP contribution is 2.08. The van der Waals surface area contributed by atoms with E-state index in [1.165, 1.54) is 0 Å². The van der Waals surface area contributed by atoms with E-state index in [-0.39, 0.29) is 6.42 Å². The third-order valence-electron chi connectivity index (χ3n) is 2.90. The summed E-state index contributed by atoms with van der Waals surface area (Å²) < 4.78 is 4.90. The van der Waals surface area contributed by atoms with Crippen LogP contribution < -0.4 is 5.32 Å². The van der Waals surface area contributed by atoms with Crippen LogP contribution in [-0.2, 0) is 16.0 Å². The van der Waals surface area contributed by atoms with Gasteiger partial charge in [-0.15, -0.1) is 0 Å². The second-order valence-electron chi connectivity index (χ2n) is 4.51. The molecule has 0 saturated carbocycles. The van der Waals surface area contributed by atoms with Crippen molar-refractivity contribution in [2.45, 2.75) is 32.4 Å². The number of carboxylic acids is 1. The molecule has 6 heteroatoms. The summed E-state index contributed by atoms with van der Waals surface area (Å²) in [5.41, 5.74) is 0.797. The summed E-state index contributed by atoms with van der Waals surface area (Å²) >= 11 is 0. The molecule has 0 aliphatic carbocycles. The third-order valence-corrected chi connectivity index (χ3v) is 2.90. The number of benzene rings is 1. The Morgan fingerprint density at radius 1 is 1.33 bits per heavy atom. The third kappa shape index (κ3) is 5.66. The number of rotatable bonds is 6. The zero-order chi connectivity index (χ0) is 15.8. The lowest BCUT2D eigenvalue weighted by Gasteiger charge is -2.21. The Kier molecular flexibility index (Phi) is 6.42. The maximum Gasteiger partial charge on any atom is 0.412 e. The van der Waals surface area contributed by atoms with Crippen molar-refractivity contribution in [1.82, 2.24) is 5.32 Å². The minimum Gasteiger partial charge on any atom is -0.479 e. The summed E-state index contributed by atoms with van der Waals surface area (Å²) in [5, 5.41) is 21.0. The van der Waals surface area contributed by atoms with Crippen molar-refractivity contribution in [1.29, 1.82) is 0 Å². The van der Waals surface area contributed by atoms with Gasteiger partial charge in [0, 0.05) is 0 Å². The fourth-order valence-corrected chi connectivity index (χ4v) is 1.67. The predicted octanol–water partition coefficient (Wildman–Crippen LogP) is 1.69. The number of carboxylic acid groups (broad SMARTS) is 1. The van der Waals surface area contributed by atoms with Crippen LogP contribution in [0.4, 0.5) is 4.79 Å². The molecule has 0 spiro atoms. The molecule has 0 radical (unpaired) electrons. The number of allylic oxidation sites excluding steroid dienone is 2. The number of ether oxygens (including phenoxy) is 1. The maximum absolute atomic E-state index is 11.7. The topological polar surface area (TPSA) is 95.9 Å². The number of carbonyl (C=O) groups is 2. The van der Waals surface area contributed by atoms with Crippen LogP contribution in [0.25, 0.3) is 0 Å². The fourth-order valence-electron chi connectivity index (χ4n) is 1.67. The number of aliphatic hydroxyl groups excluding tert-OH is 1. The smallest absolute Gasteiger partial charge is 0.412 e. The van der Waals surface area contributed by atoms with Gasteiger partial charge in [0.2, 0.25) is 0 Å². The fraction of sp³-hybridized carbons (Fsp3) is 0.333. The van der Waals surface area contributed by atoms with Gasteiger partial charge in [-0.25, -0.2) is 9.59 Å². The molecule has 0 fully saturated rings. The maximum atomic E-state index is 11.7. The monoisotopic (exact) mass is 293 g/mol. The highest BCUT2D eigenvalue weighted by Gasteiger charge is 2.28. The SMILES string of the molecule is C/C=C(/C)OC(=O)NC(Cc1ccccc1)C(O)C(=O)O. The van der Waals surface area contributed by atoms with Crippen molar-refractivity contribution < 1.29 is 24.5 Å². The second-order valence-corrected chi connectivity index (χ2v) is 4.51. The number of amides is 1. The van der Waals surface area contributed by atoms with Gasteiger partial charge in [0.25, 0.3) is 0 Å². The van der Waals surface area contributed by atoms with Crippen molar-refractivity contribution in [2.24, 2.45) is 0 Å². The van der Waals surface area contributed by atoms with Gasteiger partial charge in [-0.05, 0) is 31.9 Å². The molecule has 0 aliphatic heterocycles. The summed E-state index contributed by atoms with van der Waals surface area (Å²) in [5.74, 6) is -1.02. The molecule has 1 aromatic rings. The standard InChI is InChI=1S/C15H19NO5/c1-3-10(2)21-15(20)16-12(13(17)14(18)19)9-11-7-5-4-6-8-11/h3-8,12-13,17H,9H2,1-2H3,(H,16,20)(H,18,19)/b10-3-. The number of nitrogens with one attached hydrogen (secondary N) is 1. The quantitative estimate of drug-likeness (QED) is 0.694. The molecule has 1 amide bonds. The van der Waals surface area contributed by atoms with Gasteiger partial charge in [-0.3, -0.25) is 0 Å². The van der Waals surface area contributed by atoms with Crippen LogP contribution in [0.5, 0.6) is 0 Å². The largest absolute Gasteiger partial charge is 0.479 e. The summed E-state index contributed by atoms with van der Waals surface area (Å²) in [7, 11) is 0. The van der Waals surface area contributed by atoms with E-state index in [2.05, 4.69) is 5.32 Å². The van der Waals surface area contributed by atoms with Gasteiger partial charge in [0.05, 0.1) is 6.04 Å². The van der Waals surface area contributed by atoms with Crippen LogP contribution in [0.1, 0.15) is 19.4 Å². The van der Waals surface area contributed by atoms with Gasteiger partial charge < -0.3 is 20.3 Å². The van der Waals surface area contributed by atoms with Crippen molar-refractivity contribution in [2.75, 3.05) is 0 Å². The zero-order valence-electron chi connectivity index (χ0n) is 11.9. The van der Waals surface area contributed by atoms with Crippen molar-refractivity contribution in [3.63, 3.8) is 0 Å². The molecular weight excluding hydrogens is 274 g/mol. The number of alkyl carbamates (subject to hydrolysis) is 1. The lowest BCUT2D eigenvalue weighted by atomic mass is 10.0. The van der Waals surface area contributed by atoms with Crippen LogP contribution in [0, 0.1) is 0 Å². The second kappa shape index (κ2) is 8.06. The molecular formula is C15H19NO5. The Morgan fingerprint density at radius 2 is 1.95 bits per heavy atom. The number of aliphatic hydroxyl groups is 1. The molecule has 1 rings (SSSR count).